The summed E-state index contributed by atoms with van der Waals surface area (Å²) in [6.07, 6.45) is 1.60. The van der Waals surface area contributed by atoms with Gasteiger partial charge < -0.3 is 24.5 Å². The van der Waals surface area contributed by atoms with Crippen LogP contribution in [0.5, 0.6) is 0 Å². The molecule has 0 atom stereocenters. The normalized spacial score (nSPS) is 18.0. The Hall–Kier alpha value is -3.27. The number of carboxylic acids is 1. The Morgan fingerprint density at radius 1 is 1.06 bits per heavy atom. The smallest absolute Gasteiger partial charge is 0.337 e. The van der Waals surface area contributed by atoms with Gasteiger partial charge in [-0.05, 0) is 45.2 Å². The third kappa shape index (κ3) is 5.00. The molecule has 2 aromatic heterocycles. The Morgan fingerprint density at radius 2 is 1.75 bits per heavy atom. The molecule has 36 heavy (non-hydrogen) atoms. The molecule has 0 spiro atoms. The SMILES string of the molecule is Cc1cc(N2CCN(C(=O)c3cnc(N4CCOCC4)c(C(C)C)n3)C(C)(C)C2)nc(C)c1C(=O)O. The number of hydrogen-bond donors (Lipinski definition) is 1. The molecule has 2 aliphatic heterocycles. The third-order valence-corrected chi connectivity index (χ3v) is 6.92. The van der Waals surface area contributed by atoms with Crippen LogP contribution in [0.25, 0.3) is 0 Å². The molecule has 0 saturated carbocycles. The van der Waals surface area contributed by atoms with Crippen molar-refractivity contribution in [3.63, 3.8) is 0 Å². The second-order valence-electron chi connectivity index (χ2n) is 10.5. The Labute approximate surface area is 212 Å². The molecule has 0 aromatic carbocycles. The van der Waals surface area contributed by atoms with E-state index in [1.165, 1.54) is 0 Å². The third-order valence-electron chi connectivity index (χ3n) is 6.92. The van der Waals surface area contributed by atoms with Crippen molar-refractivity contribution in [1.29, 1.82) is 0 Å². The number of ether oxygens (including phenoxy) is 1. The van der Waals surface area contributed by atoms with E-state index in [-0.39, 0.29) is 17.4 Å². The van der Waals surface area contributed by atoms with Gasteiger partial charge >= 0.3 is 5.97 Å². The highest BCUT2D eigenvalue weighted by molar-refractivity contribution is 5.93. The lowest BCUT2D eigenvalue weighted by molar-refractivity contribution is 0.0506. The molecule has 10 heteroatoms. The van der Waals surface area contributed by atoms with Gasteiger partial charge in [0.05, 0.1) is 41.9 Å². The van der Waals surface area contributed by atoms with Crippen molar-refractivity contribution in [2.45, 2.75) is 53.0 Å². The first kappa shape index (κ1) is 25.8. The van der Waals surface area contributed by atoms with E-state index in [4.69, 9.17) is 9.72 Å². The van der Waals surface area contributed by atoms with Gasteiger partial charge in [-0.3, -0.25) is 4.79 Å². The standard InChI is InChI=1S/C26H36N6O4/c1-16(2)22-23(30-9-11-36-12-10-30)27-14-19(29-22)24(33)32-8-7-31(15-26(32,5)6)20-13-17(3)21(25(34)35)18(4)28-20/h13-14,16H,7-12,15H2,1-6H3,(H,34,35). The summed E-state index contributed by atoms with van der Waals surface area (Å²) in [5.74, 6) is 0.576. The molecular formula is C26H36N6O4. The van der Waals surface area contributed by atoms with Crippen molar-refractivity contribution >= 4 is 23.5 Å². The topological polar surface area (TPSA) is 112 Å². The van der Waals surface area contributed by atoms with Crippen LogP contribution in [0.4, 0.5) is 11.6 Å². The number of hydrogen-bond acceptors (Lipinski definition) is 8. The lowest BCUT2D eigenvalue weighted by atomic mass is 9.97. The highest BCUT2D eigenvalue weighted by atomic mass is 16.5. The molecule has 2 aromatic rings. The van der Waals surface area contributed by atoms with Crippen LogP contribution in [-0.2, 0) is 4.74 Å². The number of carboxylic acid groups (broad SMARTS) is 1. The van der Waals surface area contributed by atoms with Gasteiger partial charge in [0.25, 0.3) is 5.91 Å². The number of aromatic nitrogens is 3. The van der Waals surface area contributed by atoms with Crippen LogP contribution in [0.15, 0.2) is 12.3 Å². The Bertz CT molecular complexity index is 1140. The van der Waals surface area contributed by atoms with Crippen LogP contribution in [0.1, 0.15) is 71.4 Å². The number of carbonyl (C=O) groups excluding carboxylic acids is 1. The molecule has 0 aliphatic carbocycles. The molecule has 0 bridgehead atoms. The van der Waals surface area contributed by atoms with E-state index < -0.39 is 11.5 Å². The van der Waals surface area contributed by atoms with Gasteiger partial charge in [-0.1, -0.05) is 13.8 Å². The number of morpholine rings is 1. The van der Waals surface area contributed by atoms with E-state index in [0.717, 1.165) is 30.4 Å². The zero-order valence-electron chi connectivity index (χ0n) is 22.0. The lowest BCUT2D eigenvalue weighted by Crippen LogP contribution is -2.61. The van der Waals surface area contributed by atoms with E-state index in [2.05, 4.69) is 33.6 Å². The van der Waals surface area contributed by atoms with E-state index in [1.54, 1.807) is 20.0 Å². The van der Waals surface area contributed by atoms with Gasteiger partial charge in [-0.15, -0.1) is 0 Å². The Kier molecular flexibility index (Phi) is 7.17. The van der Waals surface area contributed by atoms with Crippen molar-refractivity contribution < 1.29 is 19.4 Å². The molecular weight excluding hydrogens is 460 g/mol. The Balaban J connectivity index is 1.55. The molecule has 2 saturated heterocycles. The second-order valence-corrected chi connectivity index (χ2v) is 10.5. The summed E-state index contributed by atoms with van der Waals surface area (Å²) in [6.45, 7) is 16.2. The molecule has 2 aliphatic rings. The highest BCUT2D eigenvalue weighted by Gasteiger charge is 2.39. The van der Waals surface area contributed by atoms with Crippen LogP contribution in [0.2, 0.25) is 0 Å². The molecule has 4 rings (SSSR count). The first-order valence-corrected chi connectivity index (χ1v) is 12.5. The summed E-state index contributed by atoms with van der Waals surface area (Å²) in [5, 5.41) is 9.46. The lowest BCUT2D eigenvalue weighted by Gasteiger charge is -2.47. The maximum absolute atomic E-state index is 13.6. The van der Waals surface area contributed by atoms with Crippen LogP contribution >= 0.6 is 0 Å². The van der Waals surface area contributed by atoms with Gasteiger partial charge in [-0.2, -0.15) is 0 Å². The summed E-state index contributed by atoms with van der Waals surface area (Å²) in [7, 11) is 0. The van der Waals surface area contributed by atoms with E-state index in [0.29, 0.717) is 49.8 Å². The number of piperazine rings is 1. The number of aromatic carboxylic acids is 1. The summed E-state index contributed by atoms with van der Waals surface area (Å²) in [5.41, 5.74) is 2.10. The number of anilines is 2. The number of amides is 1. The fourth-order valence-electron chi connectivity index (χ4n) is 5.07. The summed E-state index contributed by atoms with van der Waals surface area (Å²) in [6, 6.07) is 1.81. The molecule has 10 nitrogen and oxygen atoms in total. The molecule has 1 N–H and O–H groups in total. The summed E-state index contributed by atoms with van der Waals surface area (Å²) >= 11 is 0. The van der Waals surface area contributed by atoms with Crippen LogP contribution in [0, 0.1) is 13.8 Å². The van der Waals surface area contributed by atoms with Crippen molar-refractivity contribution in [3.8, 4) is 0 Å². The molecule has 1 amide bonds. The average Bonchev–Trinajstić information content (AvgIpc) is 2.82. The minimum Gasteiger partial charge on any atom is -0.478 e. The summed E-state index contributed by atoms with van der Waals surface area (Å²) < 4.78 is 5.47. The fraction of sp³-hybridized carbons (Fsp3) is 0.577. The first-order valence-electron chi connectivity index (χ1n) is 12.5. The number of rotatable bonds is 5. The minimum atomic E-state index is -0.971. The van der Waals surface area contributed by atoms with Crippen molar-refractivity contribution in [3.05, 3.63) is 40.5 Å². The Morgan fingerprint density at radius 3 is 2.33 bits per heavy atom. The zero-order valence-corrected chi connectivity index (χ0v) is 22.0. The number of carbonyl (C=O) groups is 2. The molecule has 4 heterocycles. The predicted octanol–water partition coefficient (Wildman–Crippen LogP) is 2.89. The van der Waals surface area contributed by atoms with Gasteiger partial charge in [0.1, 0.15) is 11.5 Å². The highest BCUT2D eigenvalue weighted by Crippen LogP contribution is 2.29. The van der Waals surface area contributed by atoms with Gasteiger partial charge in [0.15, 0.2) is 5.82 Å². The summed E-state index contributed by atoms with van der Waals surface area (Å²) in [4.78, 5) is 45.4. The molecule has 2 fully saturated rings. The minimum absolute atomic E-state index is 0.124. The first-order chi connectivity index (χ1) is 17.0. The van der Waals surface area contributed by atoms with Crippen LogP contribution < -0.4 is 9.80 Å². The fourth-order valence-corrected chi connectivity index (χ4v) is 5.07. The number of nitrogens with zero attached hydrogens (tertiary/aromatic N) is 6. The van der Waals surface area contributed by atoms with Crippen LogP contribution in [0.3, 0.4) is 0 Å². The monoisotopic (exact) mass is 496 g/mol. The largest absolute Gasteiger partial charge is 0.478 e. The van der Waals surface area contributed by atoms with Gasteiger partial charge in [-0.25, -0.2) is 19.7 Å². The van der Waals surface area contributed by atoms with E-state index >= 15 is 0 Å². The van der Waals surface area contributed by atoms with E-state index in [9.17, 15) is 14.7 Å². The van der Waals surface area contributed by atoms with Crippen molar-refractivity contribution in [2.24, 2.45) is 0 Å². The van der Waals surface area contributed by atoms with Crippen molar-refractivity contribution in [2.75, 3.05) is 55.7 Å². The van der Waals surface area contributed by atoms with Crippen molar-refractivity contribution in [1.82, 2.24) is 19.9 Å². The maximum Gasteiger partial charge on any atom is 0.337 e. The van der Waals surface area contributed by atoms with Gasteiger partial charge in [0.2, 0.25) is 0 Å². The maximum atomic E-state index is 13.6. The van der Waals surface area contributed by atoms with Crippen LogP contribution in [-0.4, -0.2) is 88.3 Å². The predicted molar refractivity (Wildman–Crippen MR) is 137 cm³/mol. The van der Waals surface area contributed by atoms with Gasteiger partial charge in [0, 0.05) is 32.7 Å². The zero-order chi connectivity index (χ0) is 26.2. The number of pyridine rings is 1. The quantitative estimate of drug-likeness (QED) is 0.668. The molecule has 0 radical (unpaired) electrons. The molecule has 194 valence electrons. The van der Waals surface area contributed by atoms with E-state index in [1.807, 2.05) is 24.8 Å². The number of aryl methyl sites for hydroxylation is 2. The molecule has 0 unspecified atom stereocenters. The second kappa shape index (κ2) is 10.0. The average molecular weight is 497 g/mol.